The van der Waals surface area contributed by atoms with Crippen molar-refractivity contribution in [2.24, 2.45) is 0 Å². The second kappa shape index (κ2) is 8.37. The van der Waals surface area contributed by atoms with Crippen molar-refractivity contribution < 1.29 is 26.8 Å². The summed E-state index contributed by atoms with van der Waals surface area (Å²) in [6, 6.07) is 9.91. The van der Waals surface area contributed by atoms with Crippen LogP contribution < -0.4 is 5.32 Å². The van der Waals surface area contributed by atoms with E-state index in [9.17, 15) is 22.4 Å². The fourth-order valence-corrected chi connectivity index (χ4v) is 3.44. The Balaban J connectivity index is 1.44. The molecule has 6 nitrogen and oxygen atoms in total. The zero-order valence-corrected chi connectivity index (χ0v) is 16.2. The van der Waals surface area contributed by atoms with E-state index in [0.717, 1.165) is 12.1 Å². The van der Waals surface area contributed by atoms with Crippen molar-refractivity contribution in [2.45, 2.75) is 24.9 Å². The highest BCUT2D eigenvalue weighted by Crippen LogP contribution is 2.32. The molecule has 1 saturated heterocycles. The highest BCUT2D eigenvalue weighted by Gasteiger charge is 2.31. The first-order valence-electron chi connectivity index (χ1n) is 9.63. The number of piperidine rings is 1. The molecule has 0 radical (unpaired) electrons. The Morgan fingerprint density at radius 3 is 2.55 bits per heavy atom. The minimum atomic E-state index is -4.42. The molecule has 2 aromatic carbocycles. The number of rotatable bonds is 3. The summed E-state index contributed by atoms with van der Waals surface area (Å²) >= 11 is 0. The smallest absolute Gasteiger partial charge is 0.416 e. The number of carbonyl (C=O) groups is 1. The van der Waals surface area contributed by atoms with Gasteiger partial charge in [0.2, 0.25) is 11.8 Å². The third-order valence-electron chi connectivity index (χ3n) is 5.07. The van der Waals surface area contributed by atoms with Crippen LogP contribution in [0.5, 0.6) is 0 Å². The first-order chi connectivity index (χ1) is 14.8. The molecule has 1 atom stereocenters. The lowest BCUT2D eigenvalue weighted by atomic mass is 9.98. The fraction of sp³-hybridized carbons (Fsp3) is 0.286. The molecule has 0 spiro atoms. The van der Waals surface area contributed by atoms with Gasteiger partial charge in [0.15, 0.2) is 0 Å². The standard InChI is InChI=1S/C21H18F4N4O2/c22-16-5-1-2-6-17(16)26-20(30)29-11-3-4-14(12-29)19-28-27-18(31-19)13-7-9-15(10-8-13)21(23,24)25/h1-2,5-10,14H,3-4,11-12H2,(H,26,30). The van der Waals surface area contributed by atoms with Crippen LogP contribution in [-0.4, -0.2) is 34.2 Å². The third-order valence-corrected chi connectivity index (χ3v) is 5.07. The number of anilines is 1. The Morgan fingerprint density at radius 2 is 1.84 bits per heavy atom. The van der Waals surface area contributed by atoms with Crippen molar-refractivity contribution in [1.29, 1.82) is 0 Å². The molecule has 0 saturated carbocycles. The molecule has 0 bridgehead atoms. The molecular weight excluding hydrogens is 416 g/mol. The van der Waals surface area contributed by atoms with Crippen LogP contribution in [0, 0.1) is 5.82 Å². The van der Waals surface area contributed by atoms with Gasteiger partial charge in [0.1, 0.15) is 5.82 Å². The minimum Gasteiger partial charge on any atom is -0.420 e. The number of likely N-dealkylation sites (tertiary alicyclic amines) is 1. The quantitative estimate of drug-likeness (QED) is 0.568. The largest absolute Gasteiger partial charge is 0.420 e. The van der Waals surface area contributed by atoms with Crippen LogP contribution in [0.25, 0.3) is 11.5 Å². The van der Waals surface area contributed by atoms with Crippen molar-refractivity contribution in [2.75, 3.05) is 18.4 Å². The van der Waals surface area contributed by atoms with E-state index >= 15 is 0 Å². The molecule has 10 heteroatoms. The van der Waals surface area contributed by atoms with E-state index in [2.05, 4.69) is 15.5 Å². The summed E-state index contributed by atoms with van der Waals surface area (Å²) in [5.41, 5.74) is -0.298. The Bertz CT molecular complexity index is 1070. The van der Waals surface area contributed by atoms with E-state index in [1.54, 1.807) is 11.0 Å². The van der Waals surface area contributed by atoms with E-state index in [4.69, 9.17) is 4.42 Å². The molecule has 3 aromatic rings. The molecule has 1 unspecified atom stereocenters. The lowest BCUT2D eigenvalue weighted by molar-refractivity contribution is -0.137. The summed E-state index contributed by atoms with van der Waals surface area (Å²) < 4.78 is 57.6. The molecular formula is C21H18F4N4O2. The van der Waals surface area contributed by atoms with Crippen LogP contribution in [0.1, 0.15) is 30.2 Å². The maximum Gasteiger partial charge on any atom is 0.416 e. The second-order valence-electron chi connectivity index (χ2n) is 7.22. The highest BCUT2D eigenvalue weighted by atomic mass is 19.4. The molecule has 162 valence electrons. The number of carbonyl (C=O) groups excluding carboxylic acids is 1. The van der Waals surface area contributed by atoms with Gasteiger partial charge in [-0.15, -0.1) is 10.2 Å². The van der Waals surface area contributed by atoms with E-state index < -0.39 is 23.6 Å². The van der Waals surface area contributed by atoms with Crippen LogP contribution in [0.15, 0.2) is 52.9 Å². The van der Waals surface area contributed by atoms with Crippen molar-refractivity contribution >= 4 is 11.7 Å². The molecule has 1 aliphatic rings. The van der Waals surface area contributed by atoms with Crippen molar-refractivity contribution in [1.82, 2.24) is 15.1 Å². The molecule has 31 heavy (non-hydrogen) atoms. The number of aromatic nitrogens is 2. The van der Waals surface area contributed by atoms with E-state index in [0.29, 0.717) is 37.4 Å². The predicted octanol–water partition coefficient (Wildman–Crippen LogP) is 5.31. The Kier molecular flexibility index (Phi) is 5.62. The number of hydrogen-bond acceptors (Lipinski definition) is 4. The van der Waals surface area contributed by atoms with E-state index in [-0.39, 0.29) is 17.5 Å². The van der Waals surface area contributed by atoms with Crippen molar-refractivity contribution in [3.05, 3.63) is 65.8 Å². The van der Waals surface area contributed by atoms with Gasteiger partial charge in [-0.2, -0.15) is 13.2 Å². The van der Waals surface area contributed by atoms with Gasteiger partial charge in [-0.1, -0.05) is 12.1 Å². The normalized spacial score (nSPS) is 16.9. The lowest BCUT2D eigenvalue weighted by Gasteiger charge is -2.31. The summed E-state index contributed by atoms with van der Waals surface area (Å²) in [6.07, 6.45) is -3.03. The lowest BCUT2D eigenvalue weighted by Crippen LogP contribution is -2.41. The van der Waals surface area contributed by atoms with Crippen LogP contribution in [0.2, 0.25) is 0 Å². The second-order valence-corrected chi connectivity index (χ2v) is 7.22. The van der Waals surface area contributed by atoms with Crippen molar-refractivity contribution in [3.8, 4) is 11.5 Å². The van der Waals surface area contributed by atoms with Gasteiger partial charge < -0.3 is 14.6 Å². The average molecular weight is 434 g/mol. The fourth-order valence-electron chi connectivity index (χ4n) is 3.44. The number of amides is 2. The molecule has 1 N–H and O–H groups in total. The molecule has 2 heterocycles. The van der Waals surface area contributed by atoms with Crippen LogP contribution in [0.4, 0.5) is 28.0 Å². The van der Waals surface area contributed by atoms with Gasteiger partial charge in [0.25, 0.3) is 0 Å². The number of hydrogen-bond donors (Lipinski definition) is 1. The van der Waals surface area contributed by atoms with E-state index in [1.165, 1.54) is 30.3 Å². The summed E-state index contributed by atoms with van der Waals surface area (Å²) in [4.78, 5) is 14.1. The molecule has 1 fully saturated rings. The molecule has 4 rings (SSSR count). The first-order valence-corrected chi connectivity index (χ1v) is 9.63. The topological polar surface area (TPSA) is 71.3 Å². The number of benzene rings is 2. The third kappa shape index (κ3) is 4.68. The summed E-state index contributed by atoms with van der Waals surface area (Å²) in [5.74, 6) is -0.340. The van der Waals surface area contributed by atoms with Gasteiger partial charge in [-0.3, -0.25) is 0 Å². The van der Waals surface area contributed by atoms with Crippen molar-refractivity contribution in [3.63, 3.8) is 0 Å². The zero-order valence-electron chi connectivity index (χ0n) is 16.2. The van der Waals surface area contributed by atoms with Crippen LogP contribution in [0.3, 0.4) is 0 Å². The van der Waals surface area contributed by atoms with Gasteiger partial charge in [0, 0.05) is 18.7 Å². The predicted molar refractivity (Wildman–Crippen MR) is 104 cm³/mol. The number of nitrogens with one attached hydrogen (secondary N) is 1. The van der Waals surface area contributed by atoms with Crippen LogP contribution >= 0.6 is 0 Å². The summed E-state index contributed by atoms with van der Waals surface area (Å²) in [5, 5.41) is 10.5. The Morgan fingerprint density at radius 1 is 1.10 bits per heavy atom. The van der Waals surface area contributed by atoms with E-state index in [1.807, 2.05) is 0 Å². The SMILES string of the molecule is O=C(Nc1ccccc1F)N1CCCC(c2nnc(-c3ccc(C(F)(F)F)cc3)o2)C1. The molecule has 2 amide bonds. The number of halogens is 4. The van der Waals surface area contributed by atoms with Gasteiger partial charge in [-0.25, -0.2) is 9.18 Å². The number of alkyl halides is 3. The van der Waals surface area contributed by atoms with Gasteiger partial charge in [0.05, 0.1) is 17.2 Å². The first kappa shape index (κ1) is 20.8. The number of urea groups is 1. The maximum atomic E-state index is 13.8. The molecule has 0 aliphatic carbocycles. The Labute approximate surface area is 174 Å². The monoisotopic (exact) mass is 434 g/mol. The minimum absolute atomic E-state index is 0.0944. The highest BCUT2D eigenvalue weighted by molar-refractivity contribution is 5.89. The molecule has 1 aromatic heterocycles. The Hall–Kier alpha value is -3.43. The molecule has 1 aliphatic heterocycles. The number of nitrogens with zero attached hydrogens (tertiary/aromatic N) is 3. The number of para-hydroxylation sites is 1. The summed E-state index contributed by atoms with van der Waals surface area (Å²) in [6.45, 7) is 0.797. The van der Waals surface area contributed by atoms with Gasteiger partial charge in [-0.05, 0) is 49.2 Å². The maximum absolute atomic E-state index is 13.8. The van der Waals surface area contributed by atoms with Gasteiger partial charge >= 0.3 is 12.2 Å². The van der Waals surface area contributed by atoms with Crippen LogP contribution in [-0.2, 0) is 6.18 Å². The average Bonchev–Trinajstić information content (AvgIpc) is 3.25. The summed E-state index contributed by atoms with van der Waals surface area (Å²) in [7, 11) is 0. The zero-order chi connectivity index (χ0) is 22.0.